The number of nitrogens with one attached hydrogen (secondary N) is 2. The van der Waals surface area contributed by atoms with E-state index in [1.54, 1.807) is 21.9 Å². The minimum atomic E-state index is -0.225. The Bertz CT molecular complexity index is 916. The van der Waals surface area contributed by atoms with Gasteiger partial charge in [-0.3, -0.25) is 4.90 Å². The van der Waals surface area contributed by atoms with Crippen LogP contribution in [0.25, 0.3) is 0 Å². The van der Waals surface area contributed by atoms with E-state index in [1.165, 1.54) is 17.8 Å². The molecule has 6 nitrogen and oxygen atoms in total. The number of rotatable bonds is 7. The fourth-order valence-corrected chi connectivity index (χ4v) is 4.45. The summed E-state index contributed by atoms with van der Waals surface area (Å²) < 4.78 is 15.2. The monoisotopic (exact) mass is 410 g/mol. The number of tetrazole rings is 1. The van der Waals surface area contributed by atoms with Crippen molar-refractivity contribution >= 4 is 5.69 Å². The van der Waals surface area contributed by atoms with E-state index >= 15 is 0 Å². The minimum Gasteiger partial charge on any atom is -0.317 e. The molecule has 1 aromatic heterocycles. The van der Waals surface area contributed by atoms with Crippen molar-refractivity contribution in [3.63, 3.8) is 0 Å². The zero-order valence-corrected chi connectivity index (χ0v) is 17.8. The average molecular weight is 411 g/mol. The van der Waals surface area contributed by atoms with E-state index in [0.29, 0.717) is 12.5 Å². The molecule has 1 saturated heterocycles. The van der Waals surface area contributed by atoms with E-state index in [0.717, 1.165) is 44.0 Å². The maximum atomic E-state index is 13.3. The lowest BCUT2D eigenvalue weighted by Crippen LogP contribution is -3.26. The van der Waals surface area contributed by atoms with Crippen LogP contribution in [0.2, 0.25) is 0 Å². The summed E-state index contributed by atoms with van der Waals surface area (Å²) in [4.78, 5) is 3.10. The Morgan fingerprint density at radius 1 is 0.967 bits per heavy atom. The average Bonchev–Trinajstić information content (AvgIpc) is 3.22. The van der Waals surface area contributed by atoms with Crippen molar-refractivity contribution in [2.24, 2.45) is 5.92 Å². The summed E-state index contributed by atoms with van der Waals surface area (Å²) in [5, 5.41) is 12.7. The van der Waals surface area contributed by atoms with Crippen molar-refractivity contribution in [2.75, 3.05) is 26.2 Å². The van der Waals surface area contributed by atoms with Crippen LogP contribution in [-0.4, -0.2) is 46.4 Å². The Morgan fingerprint density at radius 2 is 1.67 bits per heavy atom. The molecule has 158 valence electrons. The number of piperazine rings is 1. The van der Waals surface area contributed by atoms with Crippen LogP contribution in [0.1, 0.15) is 37.7 Å². The number of para-hydroxylation sites is 1. The third kappa shape index (κ3) is 4.91. The van der Waals surface area contributed by atoms with Gasteiger partial charge >= 0.3 is 0 Å². The molecule has 0 radical (unpaired) electrons. The molecule has 0 spiro atoms. The first-order valence-corrected chi connectivity index (χ1v) is 10.9. The first-order valence-electron chi connectivity index (χ1n) is 10.9. The van der Waals surface area contributed by atoms with Gasteiger partial charge < -0.3 is 4.90 Å². The molecule has 2 heterocycles. The molecule has 1 atom stereocenters. The van der Waals surface area contributed by atoms with E-state index in [9.17, 15) is 4.39 Å². The summed E-state index contributed by atoms with van der Waals surface area (Å²) in [6.45, 7) is 9.46. The van der Waals surface area contributed by atoms with Crippen molar-refractivity contribution in [2.45, 2.75) is 32.9 Å². The summed E-state index contributed by atoms with van der Waals surface area (Å²) >= 11 is 0. The second kappa shape index (κ2) is 9.45. The van der Waals surface area contributed by atoms with Gasteiger partial charge in [0.2, 0.25) is 5.82 Å². The number of hydrogen-bond acceptors (Lipinski definition) is 3. The lowest BCUT2D eigenvalue weighted by atomic mass is 10.0. The highest BCUT2D eigenvalue weighted by molar-refractivity contribution is 5.27. The molecule has 0 unspecified atom stereocenters. The van der Waals surface area contributed by atoms with Crippen LogP contribution in [0.3, 0.4) is 0 Å². The normalized spacial score (nSPS) is 20.4. The lowest BCUT2D eigenvalue weighted by molar-refractivity contribution is -1.01. The molecule has 0 saturated carbocycles. The molecule has 30 heavy (non-hydrogen) atoms. The lowest BCUT2D eigenvalue weighted by Gasteiger charge is -2.34. The molecule has 1 fully saturated rings. The Hall–Kier alpha value is -2.64. The molecule has 0 aliphatic carbocycles. The van der Waals surface area contributed by atoms with Gasteiger partial charge in [-0.2, -0.15) is 0 Å². The van der Waals surface area contributed by atoms with Crippen molar-refractivity contribution in [3.05, 3.63) is 71.8 Å². The van der Waals surface area contributed by atoms with Gasteiger partial charge in [-0.15, -0.1) is 5.10 Å². The Labute approximate surface area is 177 Å². The first kappa shape index (κ1) is 20.6. The van der Waals surface area contributed by atoms with Gasteiger partial charge in [0.1, 0.15) is 37.7 Å². The van der Waals surface area contributed by atoms with E-state index < -0.39 is 0 Å². The van der Waals surface area contributed by atoms with Crippen molar-refractivity contribution in [1.29, 1.82) is 0 Å². The Morgan fingerprint density at radius 3 is 2.33 bits per heavy atom. The molecule has 4 rings (SSSR count). The van der Waals surface area contributed by atoms with Gasteiger partial charge in [0, 0.05) is 6.42 Å². The quantitative estimate of drug-likeness (QED) is 0.613. The fourth-order valence-electron chi connectivity index (χ4n) is 4.45. The molecule has 3 aromatic rings. The number of nitrogens with zero attached hydrogens (tertiary/aromatic N) is 4. The fraction of sp³-hybridized carbons (Fsp3) is 0.435. The minimum absolute atomic E-state index is 0.225. The predicted molar refractivity (Wildman–Crippen MR) is 113 cm³/mol. The number of hydrogen-bond donors (Lipinski definition) is 2. The van der Waals surface area contributed by atoms with E-state index in [1.807, 2.05) is 4.68 Å². The van der Waals surface area contributed by atoms with Gasteiger partial charge in [0.05, 0.1) is 6.54 Å². The van der Waals surface area contributed by atoms with Gasteiger partial charge in [0.25, 0.3) is 0 Å². The van der Waals surface area contributed by atoms with E-state index in [2.05, 4.69) is 59.7 Å². The maximum Gasteiger partial charge on any atom is 0.209 e. The van der Waals surface area contributed by atoms with Crippen LogP contribution in [0.5, 0.6) is 0 Å². The largest absolute Gasteiger partial charge is 0.317 e. The third-order valence-electron chi connectivity index (χ3n) is 5.99. The van der Waals surface area contributed by atoms with Crippen LogP contribution in [0, 0.1) is 11.7 Å². The summed E-state index contributed by atoms with van der Waals surface area (Å²) in [6.07, 6.45) is 1.04. The molecular weight excluding hydrogens is 379 g/mol. The third-order valence-corrected chi connectivity index (χ3v) is 5.99. The highest BCUT2D eigenvalue weighted by atomic mass is 19.1. The topological polar surface area (TPSA) is 52.5 Å². The van der Waals surface area contributed by atoms with Crippen LogP contribution in [0.4, 0.5) is 10.1 Å². The molecule has 0 bridgehead atoms. The van der Waals surface area contributed by atoms with E-state index in [-0.39, 0.29) is 11.9 Å². The summed E-state index contributed by atoms with van der Waals surface area (Å²) in [7, 11) is 0. The Balaban J connectivity index is 1.50. The van der Waals surface area contributed by atoms with Gasteiger partial charge in [-0.25, -0.2) is 9.07 Å². The summed E-state index contributed by atoms with van der Waals surface area (Å²) in [5.74, 6) is 1.26. The standard InChI is InChI=1S/C23H29FN6/c1-18(2)16-22(29-14-12-28(13-15-29)21-6-4-3-5-7-21)23-25-26-27-30(23)17-19-8-10-20(24)11-9-19/h3-11,18,22H,12-17H2,1-2H3/p+2/t22-/m0/s1. The van der Waals surface area contributed by atoms with Crippen LogP contribution in [-0.2, 0) is 6.54 Å². The maximum absolute atomic E-state index is 13.3. The summed E-state index contributed by atoms with van der Waals surface area (Å²) in [6, 6.07) is 17.6. The van der Waals surface area contributed by atoms with Crippen molar-refractivity contribution < 1.29 is 14.2 Å². The van der Waals surface area contributed by atoms with Crippen LogP contribution in [0.15, 0.2) is 54.6 Å². The van der Waals surface area contributed by atoms with Gasteiger partial charge in [0.15, 0.2) is 6.04 Å². The van der Waals surface area contributed by atoms with Crippen molar-refractivity contribution in [1.82, 2.24) is 20.2 Å². The first-order chi connectivity index (χ1) is 14.6. The number of halogens is 1. The van der Waals surface area contributed by atoms with Crippen LogP contribution >= 0.6 is 0 Å². The zero-order chi connectivity index (χ0) is 20.9. The van der Waals surface area contributed by atoms with E-state index in [4.69, 9.17) is 0 Å². The zero-order valence-electron chi connectivity index (χ0n) is 17.8. The second-order valence-corrected chi connectivity index (χ2v) is 8.63. The SMILES string of the molecule is CC(C)C[C@@H](c1nnnn1Cc1ccc(F)cc1)[NH+]1CC[NH+](c2ccccc2)CC1. The molecule has 1 aliphatic rings. The Kier molecular flexibility index (Phi) is 6.50. The second-order valence-electron chi connectivity index (χ2n) is 8.63. The highest BCUT2D eigenvalue weighted by Gasteiger charge is 2.35. The smallest absolute Gasteiger partial charge is 0.209 e. The van der Waals surface area contributed by atoms with Crippen molar-refractivity contribution in [3.8, 4) is 0 Å². The molecular formula is C23H31FN6+2. The number of quaternary nitrogens is 2. The molecule has 0 amide bonds. The molecule has 2 aromatic carbocycles. The van der Waals surface area contributed by atoms with Gasteiger partial charge in [-0.05, 0) is 46.2 Å². The highest BCUT2D eigenvalue weighted by Crippen LogP contribution is 2.17. The number of benzene rings is 2. The molecule has 7 heteroatoms. The number of aromatic nitrogens is 4. The summed E-state index contributed by atoms with van der Waals surface area (Å²) in [5.41, 5.74) is 2.37. The molecule has 1 aliphatic heterocycles. The predicted octanol–water partition coefficient (Wildman–Crippen LogP) is 1.06. The molecule has 2 N–H and O–H groups in total. The van der Waals surface area contributed by atoms with Gasteiger partial charge in [-0.1, -0.05) is 44.2 Å². The van der Waals surface area contributed by atoms with Crippen LogP contribution < -0.4 is 9.80 Å².